The molecule has 0 spiro atoms. The van der Waals surface area contributed by atoms with Crippen molar-refractivity contribution < 1.29 is 13.2 Å². The van der Waals surface area contributed by atoms with Gasteiger partial charge in [0, 0.05) is 18.2 Å². The highest BCUT2D eigenvalue weighted by molar-refractivity contribution is 5.19. The molecule has 0 bridgehead atoms. The van der Waals surface area contributed by atoms with Gasteiger partial charge in [-0.15, -0.1) is 0 Å². The van der Waals surface area contributed by atoms with Gasteiger partial charge in [-0.2, -0.15) is 0 Å². The van der Waals surface area contributed by atoms with Crippen LogP contribution in [0, 0.1) is 17.5 Å². The number of hydrazine groups is 1. The zero-order chi connectivity index (χ0) is 9.14. The van der Waals surface area contributed by atoms with Crippen LogP contribution in [0.3, 0.4) is 0 Å². The third-order valence-electron chi connectivity index (χ3n) is 1.38. The predicted octanol–water partition coefficient (Wildman–Crippen LogP) is 1.07. The molecule has 0 fully saturated rings. The van der Waals surface area contributed by atoms with Crippen LogP contribution in [0.5, 0.6) is 0 Å². The number of benzene rings is 1. The van der Waals surface area contributed by atoms with E-state index in [1.165, 1.54) is 0 Å². The van der Waals surface area contributed by atoms with E-state index in [1.807, 2.05) is 0 Å². The van der Waals surface area contributed by atoms with Crippen molar-refractivity contribution in [2.24, 2.45) is 5.84 Å². The molecule has 0 radical (unpaired) electrons. The minimum atomic E-state index is -1.20. The van der Waals surface area contributed by atoms with E-state index in [0.717, 1.165) is 6.07 Å². The van der Waals surface area contributed by atoms with Crippen LogP contribution in [0.1, 0.15) is 5.56 Å². The molecule has 0 unspecified atom stereocenters. The number of rotatable bonds is 2. The van der Waals surface area contributed by atoms with Gasteiger partial charge in [-0.1, -0.05) is 0 Å². The zero-order valence-electron chi connectivity index (χ0n) is 6.07. The van der Waals surface area contributed by atoms with Gasteiger partial charge in [0.15, 0.2) is 11.6 Å². The van der Waals surface area contributed by atoms with E-state index in [9.17, 15) is 13.2 Å². The molecule has 0 aliphatic carbocycles. The topological polar surface area (TPSA) is 38.0 Å². The van der Waals surface area contributed by atoms with E-state index in [1.54, 1.807) is 0 Å². The summed E-state index contributed by atoms with van der Waals surface area (Å²) in [5.74, 6) is 1.79. The largest absolute Gasteiger partial charge is 0.271 e. The first kappa shape index (κ1) is 9.02. The Morgan fingerprint density at radius 1 is 1.08 bits per heavy atom. The second-order valence-corrected chi connectivity index (χ2v) is 2.24. The summed E-state index contributed by atoms with van der Waals surface area (Å²) in [6.45, 7) is -0.0387. The Hall–Kier alpha value is -1.07. The standard InChI is InChI=1S/C7H7F3N2/c8-5-2-7(10)6(9)1-4(5)3-12-11/h1-2,12H,3,11H2. The van der Waals surface area contributed by atoms with Crippen molar-refractivity contribution in [3.63, 3.8) is 0 Å². The molecule has 1 aromatic carbocycles. The van der Waals surface area contributed by atoms with E-state index < -0.39 is 17.5 Å². The van der Waals surface area contributed by atoms with Crippen LogP contribution in [-0.4, -0.2) is 0 Å². The molecule has 0 amide bonds. The van der Waals surface area contributed by atoms with Gasteiger partial charge in [-0.25, -0.2) is 13.2 Å². The fourth-order valence-electron chi connectivity index (χ4n) is 0.809. The molecule has 1 rings (SSSR count). The van der Waals surface area contributed by atoms with Crippen molar-refractivity contribution in [2.45, 2.75) is 6.54 Å². The van der Waals surface area contributed by atoms with Crippen molar-refractivity contribution in [3.05, 3.63) is 35.1 Å². The molecule has 0 aliphatic heterocycles. The number of halogens is 3. The van der Waals surface area contributed by atoms with Crippen LogP contribution in [0.25, 0.3) is 0 Å². The quantitative estimate of drug-likeness (QED) is 0.402. The highest BCUT2D eigenvalue weighted by Gasteiger charge is 2.08. The summed E-state index contributed by atoms with van der Waals surface area (Å²) in [7, 11) is 0. The van der Waals surface area contributed by atoms with Crippen molar-refractivity contribution in [2.75, 3.05) is 0 Å². The first-order valence-electron chi connectivity index (χ1n) is 3.22. The van der Waals surface area contributed by atoms with Gasteiger partial charge < -0.3 is 0 Å². The molecule has 0 atom stereocenters. The molecule has 3 N–H and O–H groups in total. The normalized spacial score (nSPS) is 10.3. The van der Waals surface area contributed by atoms with Gasteiger partial charge >= 0.3 is 0 Å². The summed E-state index contributed by atoms with van der Waals surface area (Å²) >= 11 is 0. The molecule has 12 heavy (non-hydrogen) atoms. The molecule has 0 aromatic heterocycles. The van der Waals surface area contributed by atoms with Crippen LogP contribution in [0.15, 0.2) is 12.1 Å². The molecular formula is C7H7F3N2. The molecule has 1 aromatic rings. The summed E-state index contributed by atoms with van der Waals surface area (Å²) in [6, 6.07) is 1.26. The van der Waals surface area contributed by atoms with E-state index >= 15 is 0 Å². The average molecular weight is 176 g/mol. The lowest BCUT2D eigenvalue weighted by molar-refractivity contribution is 0.487. The van der Waals surface area contributed by atoms with Gasteiger partial charge in [-0.05, 0) is 6.07 Å². The molecule has 66 valence electrons. The lowest BCUT2D eigenvalue weighted by atomic mass is 10.2. The SMILES string of the molecule is NNCc1cc(F)c(F)cc1F. The summed E-state index contributed by atoms with van der Waals surface area (Å²) in [5, 5.41) is 0. The van der Waals surface area contributed by atoms with Crippen LogP contribution in [0.2, 0.25) is 0 Å². The average Bonchev–Trinajstić information content (AvgIpc) is 2.01. The lowest BCUT2D eigenvalue weighted by Gasteiger charge is -2.02. The molecular weight excluding hydrogens is 169 g/mol. The summed E-state index contributed by atoms with van der Waals surface area (Å²) in [5.41, 5.74) is 2.14. The van der Waals surface area contributed by atoms with E-state index in [4.69, 9.17) is 5.84 Å². The van der Waals surface area contributed by atoms with E-state index in [-0.39, 0.29) is 12.1 Å². The molecule has 2 nitrogen and oxygen atoms in total. The van der Waals surface area contributed by atoms with Gasteiger partial charge in [0.25, 0.3) is 0 Å². The van der Waals surface area contributed by atoms with E-state index in [0.29, 0.717) is 6.07 Å². The maximum absolute atomic E-state index is 12.7. The van der Waals surface area contributed by atoms with Crippen molar-refractivity contribution in [3.8, 4) is 0 Å². The minimum absolute atomic E-state index is 0.00333. The molecule has 0 heterocycles. The fourth-order valence-corrected chi connectivity index (χ4v) is 0.809. The molecule has 0 saturated carbocycles. The van der Waals surface area contributed by atoms with Gasteiger partial charge in [0.2, 0.25) is 0 Å². The van der Waals surface area contributed by atoms with Crippen LogP contribution < -0.4 is 11.3 Å². The minimum Gasteiger partial charge on any atom is -0.271 e. The number of hydrogen-bond donors (Lipinski definition) is 2. The molecule has 5 heteroatoms. The Morgan fingerprint density at radius 3 is 2.25 bits per heavy atom. The second kappa shape index (κ2) is 3.55. The zero-order valence-corrected chi connectivity index (χ0v) is 6.07. The summed E-state index contributed by atoms with van der Waals surface area (Å²) in [4.78, 5) is 0. The third-order valence-corrected chi connectivity index (χ3v) is 1.38. The second-order valence-electron chi connectivity index (χ2n) is 2.24. The highest BCUT2D eigenvalue weighted by atomic mass is 19.2. The lowest BCUT2D eigenvalue weighted by Crippen LogP contribution is -2.21. The fraction of sp³-hybridized carbons (Fsp3) is 0.143. The predicted molar refractivity (Wildman–Crippen MR) is 37.3 cm³/mol. The smallest absolute Gasteiger partial charge is 0.161 e. The number of nitrogens with one attached hydrogen (secondary N) is 1. The Morgan fingerprint density at radius 2 is 1.67 bits per heavy atom. The third kappa shape index (κ3) is 1.75. The molecule has 0 saturated heterocycles. The number of hydrogen-bond acceptors (Lipinski definition) is 2. The van der Waals surface area contributed by atoms with Crippen molar-refractivity contribution in [1.29, 1.82) is 0 Å². The van der Waals surface area contributed by atoms with Crippen LogP contribution in [-0.2, 0) is 6.54 Å². The van der Waals surface area contributed by atoms with E-state index in [2.05, 4.69) is 5.43 Å². The Bertz CT molecular complexity index is 288. The van der Waals surface area contributed by atoms with Gasteiger partial charge in [0.05, 0.1) is 0 Å². The maximum atomic E-state index is 12.7. The van der Waals surface area contributed by atoms with Gasteiger partial charge in [0.1, 0.15) is 5.82 Å². The number of nitrogens with two attached hydrogens (primary N) is 1. The Labute approximate surface area is 67.2 Å². The Balaban J connectivity index is 3.05. The van der Waals surface area contributed by atoms with Crippen LogP contribution in [0.4, 0.5) is 13.2 Å². The highest BCUT2D eigenvalue weighted by Crippen LogP contribution is 2.12. The van der Waals surface area contributed by atoms with Gasteiger partial charge in [-0.3, -0.25) is 11.3 Å². The molecule has 0 aliphatic rings. The van der Waals surface area contributed by atoms with Crippen LogP contribution >= 0.6 is 0 Å². The summed E-state index contributed by atoms with van der Waals surface area (Å²) in [6.07, 6.45) is 0. The maximum Gasteiger partial charge on any atom is 0.161 e. The summed E-state index contributed by atoms with van der Waals surface area (Å²) < 4.78 is 37.5. The monoisotopic (exact) mass is 176 g/mol. The Kier molecular flexibility index (Phi) is 2.67. The first-order chi connectivity index (χ1) is 5.65. The first-order valence-corrected chi connectivity index (χ1v) is 3.22. The van der Waals surface area contributed by atoms with Crippen molar-refractivity contribution in [1.82, 2.24) is 5.43 Å². The van der Waals surface area contributed by atoms with Crippen molar-refractivity contribution >= 4 is 0 Å².